The Morgan fingerprint density at radius 1 is 1.41 bits per heavy atom. The Hall–Kier alpha value is -0.830. The predicted molar refractivity (Wildman–Crippen MR) is 103 cm³/mol. The predicted octanol–water partition coefficient (Wildman–Crippen LogP) is 2.98. The molecule has 0 fully saturated rings. The van der Waals surface area contributed by atoms with E-state index in [-0.39, 0.29) is 36.5 Å². The van der Waals surface area contributed by atoms with Gasteiger partial charge in [-0.25, -0.2) is 0 Å². The molecule has 0 saturated heterocycles. The molecule has 7 heteroatoms. The Kier molecular flexibility index (Phi) is 9.66. The minimum Gasteiger partial charge on any atom is -0.459 e. The maximum absolute atomic E-state index is 11.6. The number of nitrogens with one attached hydrogen (secondary N) is 2. The number of hydrogen-bond acceptors (Lipinski definition) is 4. The van der Waals surface area contributed by atoms with Crippen LogP contribution in [0.1, 0.15) is 38.5 Å². The van der Waals surface area contributed by atoms with Gasteiger partial charge in [0.05, 0.1) is 0 Å². The van der Waals surface area contributed by atoms with Crippen LogP contribution in [-0.2, 0) is 9.53 Å². The second-order valence-electron chi connectivity index (χ2n) is 5.81. The number of nitrogens with zero attached hydrogens (tertiary/aromatic N) is 1. The summed E-state index contributed by atoms with van der Waals surface area (Å²) in [5.41, 5.74) is -0.469. The molecule has 2 N–H and O–H groups in total. The molecule has 0 bridgehead atoms. The van der Waals surface area contributed by atoms with Crippen molar-refractivity contribution in [3.63, 3.8) is 0 Å². The van der Waals surface area contributed by atoms with Gasteiger partial charge in [-0.05, 0) is 32.2 Å². The number of esters is 1. The first-order chi connectivity index (χ1) is 9.81. The molecule has 1 unspecified atom stereocenters. The van der Waals surface area contributed by atoms with E-state index in [2.05, 4.69) is 34.0 Å². The van der Waals surface area contributed by atoms with Crippen molar-refractivity contribution in [2.45, 2.75) is 39.2 Å². The minimum atomic E-state index is -0.469. The smallest absolute Gasteiger partial charge is 0.325 e. The summed E-state index contributed by atoms with van der Waals surface area (Å²) in [5, 5.41) is 8.24. The summed E-state index contributed by atoms with van der Waals surface area (Å²) in [4.78, 5) is 17.1. The second kappa shape index (κ2) is 10.0. The molecule has 1 aromatic rings. The lowest BCUT2D eigenvalue weighted by Gasteiger charge is -2.20. The first-order valence-electron chi connectivity index (χ1n) is 7.01. The fourth-order valence-electron chi connectivity index (χ4n) is 1.68. The zero-order valence-electron chi connectivity index (χ0n) is 13.8. The molecule has 22 heavy (non-hydrogen) atoms. The van der Waals surface area contributed by atoms with Gasteiger partial charge in [0.1, 0.15) is 12.1 Å². The average molecular weight is 439 g/mol. The topological polar surface area (TPSA) is 62.7 Å². The highest BCUT2D eigenvalue weighted by Crippen LogP contribution is 2.19. The summed E-state index contributed by atoms with van der Waals surface area (Å²) in [6, 6.07) is 4.17. The van der Waals surface area contributed by atoms with Crippen molar-refractivity contribution in [3.8, 4) is 0 Å². The molecule has 0 saturated carbocycles. The molecule has 0 amide bonds. The van der Waals surface area contributed by atoms with Gasteiger partial charge in [-0.1, -0.05) is 13.0 Å². The summed E-state index contributed by atoms with van der Waals surface area (Å²) in [6.45, 7) is 8.56. The summed E-state index contributed by atoms with van der Waals surface area (Å²) in [7, 11) is 1.68. The van der Waals surface area contributed by atoms with Crippen LogP contribution in [0.2, 0.25) is 0 Å². The number of aliphatic imine (C=N–C) groups is 1. The molecule has 1 aromatic heterocycles. The maximum atomic E-state index is 11.6. The highest BCUT2D eigenvalue weighted by Gasteiger charge is 2.16. The summed E-state index contributed by atoms with van der Waals surface area (Å²) in [5.74, 6) is 0.700. The molecule has 0 aliphatic carbocycles. The Labute approximate surface area is 154 Å². The third-order valence-corrected chi connectivity index (χ3v) is 3.75. The van der Waals surface area contributed by atoms with Gasteiger partial charge in [0.15, 0.2) is 5.96 Å². The van der Waals surface area contributed by atoms with Gasteiger partial charge < -0.3 is 15.4 Å². The van der Waals surface area contributed by atoms with E-state index < -0.39 is 5.60 Å². The number of carbonyl (C=O) groups is 1. The Morgan fingerprint density at radius 3 is 2.59 bits per heavy atom. The quantitative estimate of drug-likeness (QED) is 0.321. The molecular weight excluding hydrogens is 413 g/mol. The Bertz CT molecular complexity index is 470. The molecule has 1 atom stereocenters. The van der Waals surface area contributed by atoms with Gasteiger partial charge >= 0.3 is 5.97 Å². The van der Waals surface area contributed by atoms with Gasteiger partial charge in [0, 0.05) is 24.4 Å². The third-order valence-electron chi connectivity index (χ3n) is 2.65. The van der Waals surface area contributed by atoms with Gasteiger partial charge in [-0.2, -0.15) is 0 Å². The van der Waals surface area contributed by atoms with E-state index in [1.54, 1.807) is 18.4 Å². The molecule has 0 spiro atoms. The number of halogens is 1. The van der Waals surface area contributed by atoms with E-state index in [0.717, 1.165) is 6.54 Å². The SMILES string of the molecule is CN=C(NCC(=O)OC(C)(C)C)NCC(C)c1cccs1.I. The van der Waals surface area contributed by atoms with E-state index in [4.69, 9.17) is 4.74 Å². The number of guanidine groups is 1. The zero-order valence-corrected chi connectivity index (χ0v) is 17.0. The van der Waals surface area contributed by atoms with Crippen LogP contribution in [-0.4, -0.2) is 37.7 Å². The van der Waals surface area contributed by atoms with Crippen LogP contribution in [0.25, 0.3) is 0 Å². The molecule has 0 radical (unpaired) electrons. The summed E-state index contributed by atoms with van der Waals surface area (Å²) < 4.78 is 5.23. The van der Waals surface area contributed by atoms with Gasteiger partial charge in [0.2, 0.25) is 0 Å². The van der Waals surface area contributed by atoms with Crippen LogP contribution < -0.4 is 10.6 Å². The van der Waals surface area contributed by atoms with E-state index in [9.17, 15) is 4.79 Å². The maximum Gasteiger partial charge on any atom is 0.325 e. The molecule has 1 heterocycles. The standard InChI is InChI=1S/C15H25N3O2S.HI/c1-11(12-7-6-8-21-12)9-17-14(16-5)18-10-13(19)20-15(2,3)4;/h6-8,11H,9-10H2,1-5H3,(H2,16,17,18);1H. The van der Waals surface area contributed by atoms with E-state index in [0.29, 0.717) is 11.9 Å². The molecule has 0 aromatic carbocycles. The van der Waals surface area contributed by atoms with Crippen molar-refractivity contribution in [3.05, 3.63) is 22.4 Å². The molecule has 126 valence electrons. The second-order valence-corrected chi connectivity index (χ2v) is 6.79. The molecule has 0 aliphatic rings. The largest absolute Gasteiger partial charge is 0.459 e. The minimum absolute atomic E-state index is 0. The first kappa shape index (κ1) is 21.2. The zero-order chi connectivity index (χ0) is 15.9. The number of thiophene rings is 1. The third kappa shape index (κ3) is 8.57. The first-order valence-corrected chi connectivity index (χ1v) is 7.89. The van der Waals surface area contributed by atoms with Crippen molar-refractivity contribution in [1.29, 1.82) is 0 Å². The van der Waals surface area contributed by atoms with Crippen molar-refractivity contribution >= 4 is 47.2 Å². The van der Waals surface area contributed by atoms with Crippen molar-refractivity contribution in [2.24, 2.45) is 4.99 Å². The van der Waals surface area contributed by atoms with Crippen molar-refractivity contribution < 1.29 is 9.53 Å². The number of ether oxygens (including phenoxy) is 1. The lowest BCUT2D eigenvalue weighted by Crippen LogP contribution is -2.42. The average Bonchev–Trinajstić information content (AvgIpc) is 2.90. The summed E-state index contributed by atoms with van der Waals surface area (Å²) in [6.07, 6.45) is 0. The lowest BCUT2D eigenvalue weighted by atomic mass is 10.1. The van der Waals surface area contributed by atoms with Crippen LogP contribution in [0.5, 0.6) is 0 Å². The molecule has 5 nitrogen and oxygen atoms in total. The molecular formula is C15H26IN3O2S. The van der Waals surface area contributed by atoms with Crippen molar-refractivity contribution in [2.75, 3.05) is 20.1 Å². The van der Waals surface area contributed by atoms with Gasteiger partial charge in [-0.3, -0.25) is 9.79 Å². The molecule has 0 aliphatic heterocycles. The van der Waals surface area contributed by atoms with Crippen LogP contribution >= 0.6 is 35.3 Å². The van der Waals surface area contributed by atoms with Gasteiger partial charge in [-0.15, -0.1) is 35.3 Å². The Balaban J connectivity index is 0.00000441. The van der Waals surface area contributed by atoms with Crippen molar-refractivity contribution in [1.82, 2.24) is 10.6 Å². The highest BCUT2D eigenvalue weighted by molar-refractivity contribution is 14.0. The number of rotatable bonds is 5. The van der Waals surface area contributed by atoms with Crippen LogP contribution in [0.3, 0.4) is 0 Å². The van der Waals surface area contributed by atoms with E-state index in [1.165, 1.54) is 4.88 Å². The monoisotopic (exact) mass is 439 g/mol. The fourth-order valence-corrected chi connectivity index (χ4v) is 2.46. The van der Waals surface area contributed by atoms with Crippen LogP contribution in [0.4, 0.5) is 0 Å². The lowest BCUT2D eigenvalue weighted by molar-refractivity contribution is -0.153. The number of carbonyl (C=O) groups excluding carboxylic acids is 1. The van der Waals surface area contributed by atoms with E-state index in [1.807, 2.05) is 26.8 Å². The van der Waals surface area contributed by atoms with E-state index >= 15 is 0 Å². The normalized spacial score (nSPS) is 13.0. The number of hydrogen-bond donors (Lipinski definition) is 2. The fraction of sp³-hybridized carbons (Fsp3) is 0.600. The van der Waals surface area contributed by atoms with Gasteiger partial charge in [0.25, 0.3) is 0 Å². The van der Waals surface area contributed by atoms with Crippen LogP contribution in [0.15, 0.2) is 22.5 Å². The molecule has 1 rings (SSSR count). The summed E-state index contributed by atoms with van der Waals surface area (Å²) >= 11 is 1.74. The highest BCUT2D eigenvalue weighted by atomic mass is 127. The van der Waals surface area contributed by atoms with Crippen LogP contribution in [0, 0.1) is 0 Å². The Morgan fingerprint density at radius 2 is 2.09 bits per heavy atom.